The van der Waals surface area contributed by atoms with Crippen LogP contribution in [0.4, 0.5) is 0 Å². The number of hydrogen-bond donors (Lipinski definition) is 1. The molecule has 1 unspecified atom stereocenters. The van der Waals surface area contributed by atoms with Crippen molar-refractivity contribution in [1.82, 2.24) is 20.1 Å². The lowest BCUT2D eigenvalue weighted by Crippen LogP contribution is -2.36. The molecule has 6 heteroatoms. The van der Waals surface area contributed by atoms with E-state index in [1.807, 2.05) is 23.1 Å². The highest BCUT2D eigenvalue weighted by molar-refractivity contribution is 9.09. The Bertz CT molecular complexity index is 840. The number of nitrogens with zero attached hydrogens (tertiary/aromatic N) is 3. The molecule has 2 aliphatic rings. The molecule has 1 aliphatic carbocycles. The van der Waals surface area contributed by atoms with Crippen LogP contribution >= 0.6 is 15.9 Å². The molecule has 3 heterocycles. The molecule has 0 spiro atoms. The molecule has 5 nitrogen and oxygen atoms in total. The second-order valence-corrected chi connectivity index (χ2v) is 7.49. The number of halogens is 1. The number of hydrogen-bond acceptors (Lipinski definition) is 3. The van der Waals surface area contributed by atoms with Crippen LogP contribution in [-0.2, 0) is 17.8 Å². The third kappa shape index (κ3) is 3.31. The molecular formula is C19H19BrN4O. The number of H-pyrrole nitrogens is 1. The highest BCUT2D eigenvalue weighted by atomic mass is 79.9. The third-order valence-electron chi connectivity index (χ3n) is 4.79. The number of amides is 1. The van der Waals surface area contributed by atoms with Gasteiger partial charge >= 0.3 is 0 Å². The minimum atomic E-state index is 0.179. The fraction of sp³-hybridized carbons (Fsp3) is 0.316. The number of carbonyl (C=O) groups is 1. The highest BCUT2D eigenvalue weighted by Gasteiger charge is 2.27. The maximum atomic E-state index is 12.8. The summed E-state index contributed by atoms with van der Waals surface area (Å²) in [5.74, 6) is 0.179. The third-order valence-corrected chi connectivity index (χ3v) is 5.75. The van der Waals surface area contributed by atoms with Crippen molar-refractivity contribution in [3.05, 3.63) is 59.6 Å². The van der Waals surface area contributed by atoms with Gasteiger partial charge in [0.25, 0.3) is 0 Å². The van der Waals surface area contributed by atoms with E-state index in [4.69, 9.17) is 0 Å². The van der Waals surface area contributed by atoms with Gasteiger partial charge in [-0.25, -0.2) is 0 Å². The molecule has 0 saturated carbocycles. The number of alkyl halides is 1. The monoisotopic (exact) mass is 398 g/mol. The fourth-order valence-electron chi connectivity index (χ4n) is 3.36. The molecule has 0 aromatic carbocycles. The molecule has 4 rings (SSSR count). The smallest absolute Gasteiger partial charge is 0.227 e. The molecule has 0 bridgehead atoms. The first-order chi connectivity index (χ1) is 12.2. The number of aromatic nitrogens is 3. The van der Waals surface area contributed by atoms with Gasteiger partial charge in [0.05, 0.1) is 5.69 Å². The van der Waals surface area contributed by atoms with Crippen molar-refractivity contribution in [2.75, 3.05) is 6.54 Å². The zero-order valence-corrected chi connectivity index (χ0v) is 15.4. The molecule has 2 aromatic rings. The summed E-state index contributed by atoms with van der Waals surface area (Å²) in [6.45, 7) is 1.35. The van der Waals surface area contributed by atoms with Gasteiger partial charge in [-0.3, -0.25) is 14.9 Å². The lowest BCUT2D eigenvalue weighted by molar-refractivity contribution is -0.131. The Morgan fingerprint density at radius 3 is 3.00 bits per heavy atom. The van der Waals surface area contributed by atoms with Gasteiger partial charge in [-0.1, -0.05) is 34.2 Å². The van der Waals surface area contributed by atoms with Crippen molar-refractivity contribution in [3.63, 3.8) is 0 Å². The first-order valence-electron chi connectivity index (χ1n) is 8.46. The van der Waals surface area contributed by atoms with Crippen molar-refractivity contribution < 1.29 is 4.79 Å². The largest absolute Gasteiger partial charge is 0.338 e. The number of fused-ring (bicyclic) bond motifs is 1. The minimum Gasteiger partial charge on any atom is -0.338 e. The van der Waals surface area contributed by atoms with Gasteiger partial charge in [0.15, 0.2) is 0 Å². The number of rotatable bonds is 3. The Morgan fingerprint density at radius 1 is 1.36 bits per heavy atom. The SMILES string of the molecule is O=C(CC1=CC=CCC1Br)N1CCc2[nH]nc(-c3ccncc3)c2C1. The van der Waals surface area contributed by atoms with Crippen LogP contribution in [0.25, 0.3) is 11.3 Å². The highest BCUT2D eigenvalue weighted by Crippen LogP contribution is 2.29. The summed E-state index contributed by atoms with van der Waals surface area (Å²) in [5.41, 5.74) is 5.36. The molecule has 128 valence electrons. The number of nitrogens with one attached hydrogen (secondary N) is 1. The molecule has 1 aliphatic heterocycles. The first-order valence-corrected chi connectivity index (χ1v) is 9.38. The molecule has 0 radical (unpaired) electrons. The number of aromatic amines is 1. The number of carbonyl (C=O) groups excluding carboxylic acids is 1. The minimum absolute atomic E-state index is 0.179. The van der Waals surface area contributed by atoms with Crippen LogP contribution in [0.15, 0.2) is 48.3 Å². The van der Waals surface area contributed by atoms with Crippen LogP contribution in [0.1, 0.15) is 24.1 Å². The zero-order chi connectivity index (χ0) is 17.2. The van der Waals surface area contributed by atoms with E-state index in [2.05, 4.69) is 43.3 Å². The maximum absolute atomic E-state index is 12.8. The summed E-state index contributed by atoms with van der Waals surface area (Å²) in [6.07, 6.45) is 12.0. The van der Waals surface area contributed by atoms with Gasteiger partial charge in [-0.05, 0) is 24.1 Å². The van der Waals surface area contributed by atoms with Crippen molar-refractivity contribution in [2.24, 2.45) is 0 Å². The van der Waals surface area contributed by atoms with Crippen LogP contribution in [0.5, 0.6) is 0 Å². The molecule has 1 amide bonds. The number of allylic oxidation sites excluding steroid dienone is 3. The molecule has 0 saturated heterocycles. The second kappa shape index (κ2) is 6.96. The van der Waals surface area contributed by atoms with Gasteiger partial charge in [-0.15, -0.1) is 0 Å². The predicted octanol–water partition coefficient (Wildman–Crippen LogP) is 3.40. The van der Waals surface area contributed by atoms with Crippen LogP contribution in [-0.4, -0.2) is 37.4 Å². The topological polar surface area (TPSA) is 61.9 Å². The summed E-state index contributed by atoms with van der Waals surface area (Å²) in [7, 11) is 0. The van der Waals surface area contributed by atoms with E-state index in [9.17, 15) is 4.79 Å². The van der Waals surface area contributed by atoms with E-state index < -0.39 is 0 Å². The van der Waals surface area contributed by atoms with Crippen LogP contribution in [0, 0.1) is 0 Å². The van der Waals surface area contributed by atoms with E-state index in [1.165, 1.54) is 0 Å². The molecule has 1 atom stereocenters. The van der Waals surface area contributed by atoms with Crippen molar-refractivity contribution in [3.8, 4) is 11.3 Å². The van der Waals surface area contributed by atoms with E-state index in [1.54, 1.807) is 12.4 Å². The zero-order valence-electron chi connectivity index (χ0n) is 13.8. The summed E-state index contributed by atoms with van der Waals surface area (Å²) in [5, 5.41) is 7.61. The Morgan fingerprint density at radius 2 is 2.20 bits per heavy atom. The van der Waals surface area contributed by atoms with E-state index in [0.717, 1.165) is 47.5 Å². The number of pyridine rings is 1. The fourth-order valence-corrected chi connectivity index (χ4v) is 3.89. The molecular weight excluding hydrogens is 380 g/mol. The summed E-state index contributed by atoms with van der Waals surface area (Å²) in [4.78, 5) is 19.1. The normalized spacial score (nSPS) is 19.5. The van der Waals surface area contributed by atoms with Gasteiger partial charge in [0, 0.05) is 60.0 Å². The van der Waals surface area contributed by atoms with E-state index in [-0.39, 0.29) is 10.7 Å². The lowest BCUT2D eigenvalue weighted by atomic mass is 9.99. The van der Waals surface area contributed by atoms with Crippen LogP contribution in [0.2, 0.25) is 0 Å². The maximum Gasteiger partial charge on any atom is 0.227 e. The molecule has 1 N–H and O–H groups in total. The predicted molar refractivity (Wildman–Crippen MR) is 100 cm³/mol. The van der Waals surface area contributed by atoms with Gasteiger partial charge < -0.3 is 4.90 Å². The molecule has 2 aromatic heterocycles. The Kier molecular flexibility index (Phi) is 4.53. The van der Waals surface area contributed by atoms with Crippen molar-refractivity contribution in [1.29, 1.82) is 0 Å². The standard InChI is InChI=1S/C19H19BrN4O/c20-16-4-2-1-3-14(16)11-18(25)24-10-7-17-15(12-24)19(23-22-17)13-5-8-21-9-6-13/h1-3,5-6,8-9,16H,4,7,10-12H2,(H,22,23). The first kappa shape index (κ1) is 16.3. The molecule has 25 heavy (non-hydrogen) atoms. The van der Waals surface area contributed by atoms with Crippen molar-refractivity contribution in [2.45, 2.75) is 30.6 Å². The lowest BCUT2D eigenvalue weighted by Gasteiger charge is -2.28. The van der Waals surface area contributed by atoms with Gasteiger partial charge in [-0.2, -0.15) is 5.10 Å². The van der Waals surface area contributed by atoms with E-state index >= 15 is 0 Å². The summed E-state index contributed by atoms with van der Waals surface area (Å²) >= 11 is 3.66. The average molecular weight is 399 g/mol. The van der Waals surface area contributed by atoms with Crippen LogP contribution < -0.4 is 0 Å². The average Bonchev–Trinajstić information content (AvgIpc) is 3.07. The van der Waals surface area contributed by atoms with Crippen LogP contribution in [0.3, 0.4) is 0 Å². The van der Waals surface area contributed by atoms with Crippen molar-refractivity contribution >= 4 is 21.8 Å². The quantitative estimate of drug-likeness (QED) is 0.805. The van der Waals surface area contributed by atoms with Gasteiger partial charge in [0.1, 0.15) is 0 Å². The van der Waals surface area contributed by atoms with E-state index in [0.29, 0.717) is 13.0 Å². The second-order valence-electron chi connectivity index (χ2n) is 6.38. The Labute approximate surface area is 155 Å². The Balaban J connectivity index is 1.53. The Hall–Kier alpha value is -2.21. The summed E-state index contributed by atoms with van der Waals surface area (Å²) in [6, 6.07) is 3.90. The summed E-state index contributed by atoms with van der Waals surface area (Å²) < 4.78 is 0. The van der Waals surface area contributed by atoms with Gasteiger partial charge in [0.2, 0.25) is 5.91 Å². The molecule has 0 fully saturated rings.